The van der Waals surface area contributed by atoms with Crippen molar-refractivity contribution in [1.82, 2.24) is 10.2 Å². The molecule has 0 aliphatic carbocycles. The summed E-state index contributed by atoms with van der Waals surface area (Å²) in [6.45, 7) is 4.19. The molecule has 0 radical (unpaired) electrons. The van der Waals surface area contributed by atoms with E-state index in [-0.39, 0.29) is 11.9 Å². The minimum Gasteiger partial charge on any atom is -0.497 e. The van der Waals surface area contributed by atoms with E-state index >= 15 is 0 Å². The first-order valence-electron chi connectivity index (χ1n) is 11.2. The molecule has 2 atom stereocenters. The van der Waals surface area contributed by atoms with Crippen molar-refractivity contribution in [3.63, 3.8) is 0 Å². The van der Waals surface area contributed by atoms with E-state index in [0.717, 1.165) is 30.7 Å². The molecule has 172 valence electrons. The summed E-state index contributed by atoms with van der Waals surface area (Å²) in [6, 6.07) is 14.2. The van der Waals surface area contributed by atoms with Crippen LogP contribution in [-0.2, 0) is 4.79 Å². The van der Waals surface area contributed by atoms with Gasteiger partial charge in [0.15, 0.2) is 11.5 Å². The van der Waals surface area contributed by atoms with Crippen molar-refractivity contribution >= 4 is 12.0 Å². The number of hydrogen-bond donors (Lipinski definition) is 1. The number of nitrogens with zero attached hydrogens (tertiary/aromatic N) is 1. The molecule has 0 saturated carbocycles. The number of ether oxygens (including phenoxy) is 3. The van der Waals surface area contributed by atoms with Crippen LogP contribution in [0, 0.1) is 5.92 Å². The average Bonchev–Trinajstić information content (AvgIpc) is 2.82. The van der Waals surface area contributed by atoms with Gasteiger partial charge in [-0.25, -0.2) is 0 Å². The van der Waals surface area contributed by atoms with Gasteiger partial charge in [0.1, 0.15) is 5.75 Å². The first-order valence-corrected chi connectivity index (χ1v) is 11.2. The molecule has 1 amide bonds. The van der Waals surface area contributed by atoms with Gasteiger partial charge in [-0.2, -0.15) is 0 Å². The zero-order chi connectivity index (χ0) is 22.9. The van der Waals surface area contributed by atoms with Crippen molar-refractivity contribution in [2.45, 2.75) is 25.8 Å². The first kappa shape index (κ1) is 23.7. The molecular formula is C26H34N2O4. The van der Waals surface area contributed by atoms with E-state index < -0.39 is 0 Å². The van der Waals surface area contributed by atoms with Crippen LogP contribution in [0.15, 0.2) is 48.5 Å². The second kappa shape index (κ2) is 11.6. The van der Waals surface area contributed by atoms with Gasteiger partial charge in [-0.05, 0) is 80.7 Å². The maximum absolute atomic E-state index is 12.5. The predicted molar refractivity (Wildman–Crippen MR) is 127 cm³/mol. The SMILES string of the molecule is CCOc1ccc(/C=C/C(=O)NCC2CCCN(C)C2c2ccc(OC)cc2)cc1OC. The normalized spacial score (nSPS) is 19.0. The summed E-state index contributed by atoms with van der Waals surface area (Å²) in [5, 5.41) is 3.09. The number of benzene rings is 2. The van der Waals surface area contributed by atoms with E-state index in [1.54, 1.807) is 26.4 Å². The zero-order valence-electron chi connectivity index (χ0n) is 19.5. The van der Waals surface area contributed by atoms with E-state index in [4.69, 9.17) is 14.2 Å². The number of likely N-dealkylation sites (tertiary alicyclic amines) is 1. The number of piperidine rings is 1. The minimum absolute atomic E-state index is 0.0976. The van der Waals surface area contributed by atoms with Gasteiger partial charge in [0.2, 0.25) is 5.91 Å². The lowest BCUT2D eigenvalue weighted by Crippen LogP contribution is -2.41. The summed E-state index contributed by atoms with van der Waals surface area (Å²) in [4.78, 5) is 14.9. The summed E-state index contributed by atoms with van der Waals surface area (Å²) in [6.07, 6.45) is 5.58. The van der Waals surface area contributed by atoms with Crippen LogP contribution >= 0.6 is 0 Å². The highest BCUT2D eigenvalue weighted by Gasteiger charge is 2.30. The highest BCUT2D eigenvalue weighted by atomic mass is 16.5. The van der Waals surface area contributed by atoms with Crippen LogP contribution in [0.3, 0.4) is 0 Å². The van der Waals surface area contributed by atoms with Crippen molar-refractivity contribution in [2.24, 2.45) is 5.92 Å². The maximum Gasteiger partial charge on any atom is 0.244 e. The molecular weight excluding hydrogens is 404 g/mol. The summed E-state index contributed by atoms with van der Waals surface area (Å²) in [5.74, 6) is 2.46. The Morgan fingerprint density at radius 1 is 1.12 bits per heavy atom. The van der Waals surface area contributed by atoms with Crippen LogP contribution < -0.4 is 19.5 Å². The molecule has 2 unspecified atom stereocenters. The lowest BCUT2D eigenvalue weighted by molar-refractivity contribution is -0.116. The van der Waals surface area contributed by atoms with E-state index in [2.05, 4.69) is 29.4 Å². The van der Waals surface area contributed by atoms with E-state index in [1.165, 1.54) is 5.56 Å². The number of rotatable bonds is 9. The van der Waals surface area contributed by atoms with Gasteiger partial charge in [-0.3, -0.25) is 9.69 Å². The van der Waals surface area contributed by atoms with Gasteiger partial charge < -0.3 is 19.5 Å². The summed E-state index contributed by atoms with van der Waals surface area (Å²) >= 11 is 0. The summed E-state index contributed by atoms with van der Waals surface area (Å²) < 4.78 is 16.2. The molecule has 0 aromatic heterocycles. The molecule has 1 fully saturated rings. The van der Waals surface area contributed by atoms with Gasteiger partial charge in [0, 0.05) is 18.7 Å². The third-order valence-electron chi connectivity index (χ3n) is 5.92. The molecule has 0 spiro atoms. The van der Waals surface area contributed by atoms with Crippen LogP contribution in [0.4, 0.5) is 0 Å². The molecule has 1 saturated heterocycles. The highest BCUT2D eigenvalue weighted by molar-refractivity contribution is 5.91. The van der Waals surface area contributed by atoms with Crippen LogP contribution in [0.25, 0.3) is 6.08 Å². The molecule has 32 heavy (non-hydrogen) atoms. The second-order valence-corrected chi connectivity index (χ2v) is 8.02. The summed E-state index contributed by atoms with van der Waals surface area (Å²) in [5.41, 5.74) is 2.14. The Kier molecular flexibility index (Phi) is 8.56. The largest absolute Gasteiger partial charge is 0.497 e. The first-order chi connectivity index (χ1) is 15.5. The van der Waals surface area contributed by atoms with Crippen molar-refractivity contribution in [3.05, 3.63) is 59.7 Å². The Labute approximate surface area is 191 Å². The van der Waals surface area contributed by atoms with Crippen LogP contribution in [0.1, 0.15) is 36.9 Å². The Morgan fingerprint density at radius 3 is 2.59 bits per heavy atom. The number of methoxy groups -OCH3 is 2. The molecule has 6 heteroatoms. The smallest absolute Gasteiger partial charge is 0.244 e. The molecule has 0 bridgehead atoms. The second-order valence-electron chi connectivity index (χ2n) is 8.02. The molecule has 1 aliphatic heterocycles. The fourth-order valence-corrected chi connectivity index (χ4v) is 4.33. The number of amides is 1. The van der Waals surface area contributed by atoms with Crippen molar-refractivity contribution < 1.29 is 19.0 Å². The van der Waals surface area contributed by atoms with Crippen molar-refractivity contribution in [3.8, 4) is 17.2 Å². The predicted octanol–water partition coefficient (Wildman–Crippen LogP) is 4.32. The molecule has 2 aromatic carbocycles. The fraction of sp³-hybridized carbons (Fsp3) is 0.423. The monoisotopic (exact) mass is 438 g/mol. The third-order valence-corrected chi connectivity index (χ3v) is 5.92. The van der Waals surface area contributed by atoms with Crippen molar-refractivity contribution in [1.29, 1.82) is 0 Å². The molecule has 2 aromatic rings. The molecule has 1 N–H and O–H groups in total. The van der Waals surface area contributed by atoms with E-state index in [9.17, 15) is 4.79 Å². The standard InChI is InChI=1S/C26H34N2O4/c1-5-32-23-14-8-19(17-24(23)31-4)9-15-25(29)27-18-21-7-6-16-28(2)26(21)20-10-12-22(30-3)13-11-20/h8-15,17,21,26H,5-7,16,18H2,1-4H3,(H,27,29)/b15-9+. The molecule has 3 rings (SSSR count). The number of hydrogen-bond acceptors (Lipinski definition) is 5. The van der Waals surface area contributed by atoms with Crippen molar-refractivity contribution in [2.75, 3.05) is 41.0 Å². The third kappa shape index (κ3) is 6.04. The highest BCUT2D eigenvalue weighted by Crippen LogP contribution is 2.35. The summed E-state index contributed by atoms with van der Waals surface area (Å²) in [7, 11) is 5.44. The Hall–Kier alpha value is -2.99. The van der Waals surface area contributed by atoms with Gasteiger partial charge in [0.25, 0.3) is 0 Å². The Balaban J connectivity index is 1.62. The van der Waals surface area contributed by atoms with Gasteiger partial charge in [-0.1, -0.05) is 18.2 Å². The number of nitrogens with one attached hydrogen (secondary N) is 1. The molecule has 1 heterocycles. The minimum atomic E-state index is -0.0976. The Bertz CT molecular complexity index is 911. The Morgan fingerprint density at radius 2 is 1.91 bits per heavy atom. The van der Waals surface area contributed by atoms with Gasteiger partial charge in [0.05, 0.1) is 20.8 Å². The number of carbonyl (C=O) groups is 1. The van der Waals surface area contributed by atoms with Crippen LogP contribution in [0.5, 0.6) is 17.2 Å². The van der Waals surface area contributed by atoms with Gasteiger partial charge >= 0.3 is 0 Å². The number of carbonyl (C=O) groups excluding carboxylic acids is 1. The fourth-order valence-electron chi connectivity index (χ4n) is 4.33. The van der Waals surface area contributed by atoms with Crippen LogP contribution in [0.2, 0.25) is 0 Å². The van der Waals surface area contributed by atoms with E-state index in [0.29, 0.717) is 30.6 Å². The molecule has 6 nitrogen and oxygen atoms in total. The topological polar surface area (TPSA) is 60.0 Å². The lowest BCUT2D eigenvalue weighted by atomic mass is 9.85. The quantitative estimate of drug-likeness (QED) is 0.591. The van der Waals surface area contributed by atoms with E-state index in [1.807, 2.05) is 37.3 Å². The lowest BCUT2D eigenvalue weighted by Gasteiger charge is -2.39. The maximum atomic E-state index is 12.5. The zero-order valence-corrected chi connectivity index (χ0v) is 19.5. The van der Waals surface area contributed by atoms with Crippen LogP contribution in [-0.4, -0.2) is 51.8 Å². The molecule has 1 aliphatic rings. The average molecular weight is 439 g/mol. The van der Waals surface area contributed by atoms with Gasteiger partial charge in [-0.15, -0.1) is 0 Å².